The molecular weight excluding hydrogens is 324 g/mol. The second kappa shape index (κ2) is 6.26. The van der Waals surface area contributed by atoms with Crippen molar-refractivity contribution in [3.63, 3.8) is 0 Å². The van der Waals surface area contributed by atoms with Gasteiger partial charge in [-0.15, -0.1) is 0 Å². The zero-order chi connectivity index (χ0) is 14.7. The van der Waals surface area contributed by atoms with Crippen LogP contribution in [0.15, 0.2) is 28.7 Å². The highest BCUT2D eigenvalue weighted by molar-refractivity contribution is 9.10. The Labute approximate surface area is 126 Å². The summed E-state index contributed by atoms with van der Waals surface area (Å²) < 4.78 is 6.47. The van der Waals surface area contributed by atoms with E-state index < -0.39 is 6.10 Å². The number of rotatable bonds is 4. The predicted octanol–water partition coefficient (Wildman–Crippen LogP) is 1.56. The number of carbonyl (C=O) groups excluding carboxylic acids is 2. The van der Waals surface area contributed by atoms with Crippen molar-refractivity contribution in [2.75, 3.05) is 13.6 Å². The van der Waals surface area contributed by atoms with Crippen LogP contribution in [-0.2, 0) is 9.59 Å². The maximum atomic E-state index is 12.0. The van der Waals surface area contributed by atoms with Crippen LogP contribution < -0.4 is 10.1 Å². The molecule has 1 aliphatic rings. The molecule has 0 saturated carbocycles. The first-order valence-corrected chi connectivity index (χ1v) is 7.21. The van der Waals surface area contributed by atoms with Gasteiger partial charge < -0.3 is 15.0 Å². The van der Waals surface area contributed by atoms with E-state index in [1.807, 2.05) is 12.1 Å². The Balaban J connectivity index is 1.88. The molecule has 0 bridgehead atoms. The third kappa shape index (κ3) is 3.72. The normalized spacial score (nSPS) is 19.9. The molecule has 108 valence electrons. The predicted molar refractivity (Wildman–Crippen MR) is 78.4 cm³/mol. The maximum Gasteiger partial charge on any atom is 0.261 e. The number of likely N-dealkylation sites (N-methyl/N-ethyl adjacent to an activating group) is 1. The molecule has 6 heteroatoms. The molecule has 1 fully saturated rings. The van der Waals surface area contributed by atoms with Gasteiger partial charge in [0, 0.05) is 24.5 Å². The summed E-state index contributed by atoms with van der Waals surface area (Å²) >= 11 is 3.35. The van der Waals surface area contributed by atoms with Crippen LogP contribution >= 0.6 is 15.9 Å². The number of ether oxygens (including phenoxy) is 1. The van der Waals surface area contributed by atoms with Crippen molar-refractivity contribution < 1.29 is 14.3 Å². The van der Waals surface area contributed by atoms with Crippen molar-refractivity contribution >= 4 is 27.7 Å². The van der Waals surface area contributed by atoms with E-state index in [-0.39, 0.29) is 17.9 Å². The molecule has 0 spiro atoms. The number of carbonyl (C=O) groups is 2. The van der Waals surface area contributed by atoms with Gasteiger partial charge in [-0.05, 0) is 25.1 Å². The monoisotopic (exact) mass is 340 g/mol. The van der Waals surface area contributed by atoms with Crippen LogP contribution in [0.2, 0.25) is 0 Å². The molecular formula is C14H17BrN2O3. The number of nitrogens with one attached hydrogen (secondary N) is 1. The van der Waals surface area contributed by atoms with Crippen LogP contribution in [0.1, 0.15) is 13.3 Å². The Kier molecular flexibility index (Phi) is 4.65. The summed E-state index contributed by atoms with van der Waals surface area (Å²) in [6.07, 6.45) is -0.253. The van der Waals surface area contributed by atoms with Gasteiger partial charge in [-0.25, -0.2) is 0 Å². The van der Waals surface area contributed by atoms with Gasteiger partial charge in [-0.1, -0.05) is 22.0 Å². The van der Waals surface area contributed by atoms with Crippen molar-refractivity contribution in [1.82, 2.24) is 10.2 Å². The zero-order valence-electron chi connectivity index (χ0n) is 11.4. The second-order valence-electron chi connectivity index (χ2n) is 4.90. The van der Waals surface area contributed by atoms with Crippen molar-refractivity contribution in [2.45, 2.75) is 25.5 Å². The molecule has 20 heavy (non-hydrogen) atoms. The number of halogens is 1. The lowest BCUT2D eigenvalue weighted by Crippen LogP contribution is -2.43. The smallest absolute Gasteiger partial charge is 0.261 e. The minimum Gasteiger partial charge on any atom is -0.481 e. The quantitative estimate of drug-likeness (QED) is 0.904. The van der Waals surface area contributed by atoms with Crippen molar-refractivity contribution in [1.29, 1.82) is 0 Å². The molecule has 2 atom stereocenters. The lowest BCUT2D eigenvalue weighted by atomic mass is 10.2. The third-order valence-electron chi connectivity index (χ3n) is 3.17. The van der Waals surface area contributed by atoms with Gasteiger partial charge >= 0.3 is 0 Å². The van der Waals surface area contributed by atoms with Crippen molar-refractivity contribution in [2.24, 2.45) is 0 Å². The van der Waals surface area contributed by atoms with E-state index in [9.17, 15) is 9.59 Å². The maximum absolute atomic E-state index is 12.0. The van der Waals surface area contributed by atoms with E-state index in [1.54, 1.807) is 31.0 Å². The molecule has 1 aromatic rings. The minimum absolute atomic E-state index is 0.0517. The molecule has 5 nitrogen and oxygen atoms in total. The fraction of sp³-hybridized carbons (Fsp3) is 0.429. The molecule has 1 aromatic carbocycles. The third-order valence-corrected chi connectivity index (χ3v) is 3.66. The number of hydrogen-bond donors (Lipinski definition) is 1. The standard InChI is InChI=1S/C14H17BrN2O3/c1-9(20-12-5-3-4-10(15)6-12)14(19)16-11-7-13(18)17(2)8-11/h3-6,9,11H,7-8H2,1-2H3,(H,16,19)/t9-,11+/m0/s1. The molecule has 1 aliphatic heterocycles. The van der Waals surface area contributed by atoms with Crippen molar-refractivity contribution in [3.8, 4) is 5.75 Å². The fourth-order valence-corrected chi connectivity index (χ4v) is 2.45. The van der Waals surface area contributed by atoms with E-state index in [2.05, 4.69) is 21.2 Å². The lowest BCUT2D eigenvalue weighted by Gasteiger charge is -2.18. The van der Waals surface area contributed by atoms with E-state index in [0.29, 0.717) is 18.7 Å². The van der Waals surface area contributed by atoms with Crippen LogP contribution in [0.5, 0.6) is 5.75 Å². The van der Waals surface area contributed by atoms with E-state index in [4.69, 9.17) is 4.74 Å². The summed E-state index contributed by atoms with van der Waals surface area (Å²) in [5.74, 6) is 0.468. The van der Waals surface area contributed by atoms with Gasteiger partial charge in [-0.2, -0.15) is 0 Å². The number of amides is 2. The average molecular weight is 341 g/mol. The Hall–Kier alpha value is -1.56. The van der Waals surface area contributed by atoms with Gasteiger partial charge in [0.05, 0.1) is 6.04 Å². The lowest BCUT2D eigenvalue weighted by molar-refractivity contribution is -0.127. The number of likely N-dealkylation sites (tertiary alicyclic amines) is 1. The van der Waals surface area contributed by atoms with Crippen LogP contribution in [-0.4, -0.2) is 42.5 Å². The molecule has 0 unspecified atom stereocenters. The highest BCUT2D eigenvalue weighted by Crippen LogP contribution is 2.19. The van der Waals surface area contributed by atoms with E-state index in [1.165, 1.54) is 0 Å². The van der Waals surface area contributed by atoms with Gasteiger partial charge in [0.2, 0.25) is 5.91 Å². The Bertz CT molecular complexity index is 521. The summed E-state index contributed by atoms with van der Waals surface area (Å²) in [7, 11) is 1.73. The molecule has 0 aromatic heterocycles. The summed E-state index contributed by atoms with van der Waals surface area (Å²) in [5.41, 5.74) is 0. The first-order chi connectivity index (χ1) is 9.45. The van der Waals surface area contributed by atoms with Crippen molar-refractivity contribution in [3.05, 3.63) is 28.7 Å². The Morgan fingerprint density at radius 3 is 2.90 bits per heavy atom. The molecule has 1 N–H and O–H groups in total. The molecule has 1 heterocycles. The first kappa shape index (κ1) is 14.8. The largest absolute Gasteiger partial charge is 0.481 e. The number of nitrogens with zero attached hydrogens (tertiary/aromatic N) is 1. The summed E-state index contributed by atoms with van der Waals surface area (Å²) in [5, 5.41) is 2.84. The topological polar surface area (TPSA) is 58.6 Å². The summed E-state index contributed by atoms with van der Waals surface area (Å²) in [4.78, 5) is 25.0. The zero-order valence-corrected chi connectivity index (χ0v) is 13.0. The van der Waals surface area contributed by atoms with E-state index in [0.717, 1.165) is 4.47 Å². The summed E-state index contributed by atoms with van der Waals surface area (Å²) in [6, 6.07) is 7.19. The Morgan fingerprint density at radius 1 is 1.55 bits per heavy atom. The van der Waals surface area contributed by atoms with Crippen LogP contribution in [0, 0.1) is 0 Å². The highest BCUT2D eigenvalue weighted by atomic mass is 79.9. The molecule has 0 radical (unpaired) electrons. The summed E-state index contributed by atoms with van der Waals surface area (Å²) in [6.45, 7) is 2.24. The highest BCUT2D eigenvalue weighted by Gasteiger charge is 2.29. The van der Waals surface area contributed by atoms with Gasteiger partial charge in [-0.3, -0.25) is 9.59 Å². The van der Waals surface area contributed by atoms with E-state index >= 15 is 0 Å². The SMILES string of the molecule is C[C@H](Oc1cccc(Br)c1)C(=O)N[C@@H]1CC(=O)N(C)C1. The fourth-order valence-electron chi connectivity index (χ4n) is 2.08. The minimum atomic E-state index is -0.606. The second-order valence-corrected chi connectivity index (χ2v) is 5.82. The number of hydrogen-bond acceptors (Lipinski definition) is 3. The molecule has 1 saturated heterocycles. The van der Waals surface area contributed by atoms with Crippen LogP contribution in [0.4, 0.5) is 0 Å². The molecule has 0 aliphatic carbocycles. The van der Waals surface area contributed by atoms with Crippen LogP contribution in [0.3, 0.4) is 0 Å². The Morgan fingerprint density at radius 2 is 2.30 bits per heavy atom. The van der Waals surface area contributed by atoms with Crippen LogP contribution in [0.25, 0.3) is 0 Å². The van der Waals surface area contributed by atoms with Gasteiger partial charge in [0.1, 0.15) is 5.75 Å². The average Bonchev–Trinajstić information content (AvgIpc) is 2.68. The van der Waals surface area contributed by atoms with Gasteiger partial charge in [0.15, 0.2) is 6.10 Å². The number of benzene rings is 1. The first-order valence-electron chi connectivity index (χ1n) is 6.42. The van der Waals surface area contributed by atoms with Gasteiger partial charge in [0.25, 0.3) is 5.91 Å². The molecule has 2 rings (SSSR count). The molecule has 2 amide bonds.